The van der Waals surface area contributed by atoms with Gasteiger partial charge in [-0.25, -0.2) is 4.39 Å². The summed E-state index contributed by atoms with van der Waals surface area (Å²) in [4.78, 5) is 4.10. The molecule has 0 aliphatic carbocycles. The summed E-state index contributed by atoms with van der Waals surface area (Å²) in [7, 11) is 0. The van der Waals surface area contributed by atoms with Crippen molar-refractivity contribution in [2.75, 3.05) is 6.54 Å². The van der Waals surface area contributed by atoms with Gasteiger partial charge in [0.15, 0.2) is 5.82 Å². The van der Waals surface area contributed by atoms with Crippen LogP contribution in [0.4, 0.5) is 4.39 Å². The molecule has 0 aliphatic rings. The number of aryl methyl sites for hydroxylation is 1. The zero-order chi connectivity index (χ0) is 14.7. The Kier molecular flexibility index (Phi) is 4.96. The molecule has 1 atom stereocenters. The molecule has 1 N–H and O–H groups in total. The fourth-order valence-electron chi connectivity index (χ4n) is 1.82. The predicted octanol–water partition coefficient (Wildman–Crippen LogP) is 3.72. The highest BCUT2D eigenvalue weighted by Crippen LogP contribution is 2.28. The molecule has 0 radical (unpaired) electrons. The van der Waals surface area contributed by atoms with Crippen LogP contribution in [0.2, 0.25) is 10.0 Å². The molecule has 108 valence electrons. The molecule has 0 aliphatic heterocycles. The summed E-state index contributed by atoms with van der Waals surface area (Å²) in [5, 5.41) is 7.49. The van der Waals surface area contributed by atoms with Gasteiger partial charge in [-0.15, -0.1) is 0 Å². The van der Waals surface area contributed by atoms with Crippen LogP contribution in [0.1, 0.15) is 30.2 Å². The standard InChI is InChI=1S/C13H14Cl2FN3O/c1-7(9-5-12(16)11(15)6-10(9)14)17-4-3-13-18-8(2)20-19-13/h5-7,17H,3-4H2,1-2H3. The van der Waals surface area contributed by atoms with E-state index in [1.807, 2.05) is 6.92 Å². The maximum Gasteiger partial charge on any atom is 0.223 e. The van der Waals surface area contributed by atoms with Crippen molar-refractivity contribution in [1.82, 2.24) is 15.5 Å². The number of benzene rings is 1. The van der Waals surface area contributed by atoms with Gasteiger partial charge in [0, 0.05) is 31.0 Å². The quantitative estimate of drug-likeness (QED) is 0.854. The van der Waals surface area contributed by atoms with Gasteiger partial charge in [-0.2, -0.15) is 4.98 Å². The van der Waals surface area contributed by atoms with Crippen LogP contribution in [0.25, 0.3) is 0 Å². The molecule has 0 saturated heterocycles. The van der Waals surface area contributed by atoms with Crippen molar-refractivity contribution in [3.8, 4) is 0 Å². The molecule has 2 rings (SSSR count). The highest BCUT2D eigenvalue weighted by Gasteiger charge is 2.13. The molecular formula is C13H14Cl2FN3O. The summed E-state index contributed by atoms with van der Waals surface area (Å²) in [6.07, 6.45) is 0.620. The molecule has 20 heavy (non-hydrogen) atoms. The lowest BCUT2D eigenvalue weighted by Crippen LogP contribution is -2.22. The molecule has 1 unspecified atom stereocenters. The third-order valence-corrected chi connectivity index (χ3v) is 3.49. The van der Waals surface area contributed by atoms with E-state index in [1.165, 1.54) is 12.1 Å². The minimum absolute atomic E-state index is 0.0215. The first-order valence-electron chi connectivity index (χ1n) is 6.14. The van der Waals surface area contributed by atoms with Crippen LogP contribution in [-0.2, 0) is 6.42 Å². The third-order valence-electron chi connectivity index (χ3n) is 2.87. The van der Waals surface area contributed by atoms with Crippen molar-refractivity contribution in [2.24, 2.45) is 0 Å². The van der Waals surface area contributed by atoms with Crippen LogP contribution in [0.15, 0.2) is 16.7 Å². The van der Waals surface area contributed by atoms with E-state index in [-0.39, 0.29) is 11.1 Å². The van der Waals surface area contributed by atoms with Gasteiger partial charge < -0.3 is 9.84 Å². The topological polar surface area (TPSA) is 51.0 Å². The Hall–Kier alpha value is -1.17. The van der Waals surface area contributed by atoms with E-state index in [9.17, 15) is 4.39 Å². The normalized spacial score (nSPS) is 12.7. The number of nitrogens with one attached hydrogen (secondary N) is 1. The number of hydrogen-bond donors (Lipinski definition) is 1. The lowest BCUT2D eigenvalue weighted by Gasteiger charge is -2.15. The maximum atomic E-state index is 13.5. The summed E-state index contributed by atoms with van der Waals surface area (Å²) in [6.45, 7) is 4.26. The van der Waals surface area contributed by atoms with Gasteiger partial charge in [-0.1, -0.05) is 28.4 Å². The summed E-state index contributed by atoms with van der Waals surface area (Å²) < 4.78 is 18.3. The molecule has 4 nitrogen and oxygen atoms in total. The third kappa shape index (κ3) is 3.69. The monoisotopic (exact) mass is 317 g/mol. The SMILES string of the molecule is Cc1nc(CCNC(C)c2cc(F)c(Cl)cc2Cl)no1. The molecule has 0 saturated carbocycles. The first-order valence-corrected chi connectivity index (χ1v) is 6.90. The number of rotatable bonds is 5. The first-order chi connectivity index (χ1) is 9.47. The Morgan fingerprint density at radius 1 is 1.35 bits per heavy atom. The average molecular weight is 318 g/mol. The first kappa shape index (κ1) is 15.2. The highest BCUT2D eigenvalue weighted by molar-refractivity contribution is 6.35. The summed E-state index contributed by atoms with van der Waals surface area (Å²) in [5.41, 5.74) is 0.665. The minimum Gasteiger partial charge on any atom is -0.340 e. The van der Waals surface area contributed by atoms with Gasteiger partial charge in [0.1, 0.15) is 5.82 Å². The zero-order valence-electron chi connectivity index (χ0n) is 11.1. The van der Waals surface area contributed by atoms with E-state index in [1.54, 1.807) is 6.92 Å². The average Bonchev–Trinajstić information content (AvgIpc) is 2.79. The number of hydrogen-bond acceptors (Lipinski definition) is 4. The number of halogens is 3. The van der Waals surface area contributed by atoms with Crippen molar-refractivity contribution in [2.45, 2.75) is 26.3 Å². The van der Waals surface area contributed by atoms with Gasteiger partial charge in [-0.3, -0.25) is 0 Å². The van der Waals surface area contributed by atoms with E-state index >= 15 is 0 Å². The Bertz CT molecular complexity index is 603. The minimum atomic E-state index is -0.478. The van der Waals surface area contributed by atoms with Crippen molar-refractivity contribution >= 4 is 23.2 Å². The van der Waals surface area contributed by atoms with Crippen LogP contribution in [-0.4, -0.2) is 16.7 Å². The molecule has 2 aromatic rings. The van der Waals surface area contributed by atoms with Gasteiger partial charge in [-0.05, 0) is 24.6 Å². The van der Waals surface area contributed by atoms with E-state index in [0.29, 0.717) is 35.3 Å². The van der Waals surface area contributed by atoms with Crippen molar-refractivity contribution < 1.29 is 8.91 Å². The Morgan fingerprint density at radius 3 is 2.75 bits per heavy atom. The second-order valence-electron chi connectivity index (χ2n) is 4.44. The highest BCUT2D eigenvalue weighted by atomic mass is 35.5. The largest absolute Gasteiger partial charge is 0.340 e. The Balaban J connectivity index is 1.95. The molecule has 1 aromatic carbocycles. The van der Waals surface area contributed by atoms with Crippen LogP contribution >= 0.6 is 23.2 Å². The van der Waals surface area contributed by atoms with Gasteiger partial charge in [0.2, 0.25) is 5.89 Å². The Labute approximate surface area is 126 Å². The lowest BCUT2D eigenvalue weighted by atomic mass is 10.1. The Morgan fingerprint density at radius 2 is 2.10 bits per heavy atom. The summed E-state index contributed by atoms with van der Waals surface area (Å²) >= 11 is 11.7. The lowest BCUT2D eigenvalue weighted by molar-refractivity contribution is 0.386. The fourth-order valence-corrected chi connectivity index (χ4v) is 2.37. The second-order valence-corrected chi connectivity index (χ2v) is 5.26. The molecule has 0 fully saturated rings. The van der Waals surface area contributed by atoms with Gasteiger partial charge in [0.05, 0.1) is 5.02 Å². The van der Waals surface area contributed by atoms with Crippen LogP contribution in [0.3, 0.4) is 0 Å². The van der Waals surface area contributed by atoms with Crippen LogP contribution in [0.5, 0.6) is 0 Å². The maximum absolute atomic E-state index is 13.5. The van der Waals surface area contributed by atoms with E-state index in [2.05, 4.69) is 15.5 Å². The summed E-state index contributed by atoms with van der Waals surface area (Å²) in [6, 6.07) is 2.65. The predicted molar refractivity (Wildman–Crippen MR) is 75.6 cm³/mol. The smallest absolute Gasteiger partial charge is 0.223 e. The summed E-state index contributed by atoms with van der Waals surface area (Å²) in [5.74, 6) is 0.694. The van der Waals surface area contributed by atoms with Crippen molar-refractivity contribution in [1.29, 1.82) is 0 Å². The van der Waals surface area contributed by atoms with Crippen molar-refractivity contribution in [3.05, 3.63) is 45.3 Å². The van der Waals surface area contributed by atoms with Crippen LogP contribution < -0.4 is 5.32 Å². The molecule has 7 heteroatoms. The molecule has 1 aromatic heterocycles. The van der Waals surface area contributed by atoms with Gasteiger partial charge in [0.25, 0.3) is 0 Å². The molecule has 0 spiro atoms. The fraction of sp³-hybridized carbons (Fsp3) is 0.385. The van der Waals surface area contributed by atoms with E-state index in [4.69, 9.17) is 27.7 Å². The number of nitrogens with zero attached hydrogens (tertiary/aromatic N) is 2. The molecular weight excluding hydrogens is 304 g/mol. The molecule has 0 bridgehead atoms. The molecule has 0 amide bonds. The van der Waals surface area contributed by atoms with E-state index in [0.717, 1.165) is 0 Å². The van der Waals surface area contributed by atoms with Crippen LogP contribution in [0, 0.1) is 12.7 Å². The second kappa shape index (κ2) is 6.52. The zero-order valence-corrected chi connectivity index (χ0v) is 12.6. The van der Waals surface area contributed by atoms with E-state index < -0.39 is 5.82 Å². The van der Waals surface area contributed by atoms with Gasteiger partial charge >= 0.3 is 0 Å². The number of aromatic nitrogens is 2. The van der Waals surface area contributed by atoms with Crippen molar-refractivity contribution in [3.63, 3.8) is 0 Å². The molecule has 1 heterocycles.